The number of aryl methyl sites for hydroxylation is 1. The highest BCUT2D eigenvalue weighted by Gasteiger charge is 2.20. The Kier molecular flexibility index (Phi) is 1.51. The smallest absolute Gasteiger partial charge is 0.205 e. The molecule has 0 saturated carbocycles. The van der Waals surface area contributed by atoms with Gasteiger partial charge in [0.1, 0.15) is 0 Å². The van der Waals surface area contributed by atoms with Crippen LogP contribution in [0.4, 0.5) is 0 Å². The molecule has 0 N–H and O–H groups in total. The zero-order chi connectivity index (χ0) is 8.77. The van der Waals surface area contributed by atoms with E-state index in [0.29, 0.717) is 0 Å². The van der Waals surface area contributed by atoms with Crippen LogP contribution in [0.25, 0.3) is 0 Å². The van der Waals surface area contributed by atoms with Gasteiger partial charge in [0.15, 0.2) is 0 Å². The Morgan fingerprint density at radius 1 is 1.50 bits per heavy atom. The Balaban J connectivity index is 2.61. The Labute approximate surface area is 71.3 Å². The van der Waals surface area contributed by atoms with E-state index in [1.165, 1.54) is 6.26 Å². The highest BCUT2D eigenvalue weighted by Crippen LogP contribution is 2.21. The van der Waals surface area contributed by atoms with E-state index >= 15 is 0 Å². The van der Waals surface area contributed by atoms with Crippen LogP contribution in [0.1, 0.15) is 17.7 Å². The van der Waals surface area contributed by atoms with Gasteiger partial charge >= 0.3 is 0 Å². The van der Waals surface area contributed by atoms with Crippen LogP contribution in [-0.2, 0) is 22.9 Å². The molecule has 0 atom stereocenters. The minimum absolute atomic E-state index is 0.836. The van der Waals surface area contributed by atoms with Crippen molar-refractivity contribution in [3.8, 4) is 0 Å². The normalized spacial score (nSPS) is 16.4. The van der Waals surface area contributed by atoms with Gasteiger partial charge in [-0.3, -0.25) is 0 Å². The summed E-state index contributed by atoms with van der Waals surface area (Å²) in [4.78, 5) is 0. The van der Waals surface area contributed by atoms with Gasteiger partial charge in [0, 0.05) is 0 Å². The first-order valence-electron chi connectivity index (χ1n) is 3.85. The summed E-state index contributed by atoms with van der Waals surface area (Å²) in [5.74, 6) is 0. The Bertz CT molecular complexity index is 405. The maximum absolute atomic E-state index is 11.2. The lowest BCUT2D eigenvalue weighted by Crippen LogP contribution is -2.14. The second-order valence-corrected chi connectivity index (χ2v) is 4.89. The minimum Gasteiger partial charge on any atom is -0.205 e. The van der Waals surface area contributed by atoms with Crippen molar-refractivity contribution >= 4 is 10.0 Å². The predicted molar refractivity (Wildman–Crippen MR) is 44.5 cm³/mol. The first-order chi connectivity index (χ1) is 5.59. The molecule has 0 bridgehead atoms. The van der Waals surface area contributed by atoms with Crippen LogP contribution in [0, 0.1) is 0 Å². The summed E-state index contributed by atoms with van der Waals surface area (Å²) in [5.41, 5.74) is 1.96. The summed E-state index contributed by atoms with van der Waals surface area (Å²) < 4.78 is 23.5. The van der Waals surface area contributed by atoms with Gasteiger partial charge in [0.2, 0.25) is 0 Å². The third-order valence-electron chi connectivity index (χ3n) is 2.09. The number of hydrogen-bond donors (Lipinski definition) is 0. The average Bonchev–Trinajstić information content (AvgIpc) is 2.37. The Morgan fingerprint density at radius 3 is 2.92 bits per heavy atom. The molecule has 0 aliphatic heterocycles. The van der Waals surface area contributed by atoms with E-state index in [0.717, 1.165) is 34.6 Å². The van der Waals surface area contributed by atoms with Gasteiger partial charge in [-0.2, -0.15) is 9.19 Å². The van der Waals surface area contributed by atoms with Crippen molar-refractivity contribution < 1.29 is 8.42 Å². The molecule has 0 amide bonds. The minimum atomic E-state index is -3.18. The molecule has 0 unspecified atom stereocenters. The first-order valence-corrected chi connectivity index (χ1v) is 5.70. The van der Waals surface area contributed by atoms with Crippen LogP contribution in [0.15, 0.2) is 6.20 Å². The van der Waals surface area contributed by atoms with Crippen LogP contribution in [0.5, 0.6) is 0 Å². The molecular weight excluding hydrogens is 176 g/mol. The van der Waals surface area contributed by atoms with Crippen molar-refractivity contribution in [3.63, 3.8) is 0 Å². The molecule has 0 fully saturated rings. The summed E-state index contributed by atoms with van der Waals surface area (Å²) >= 11 is 0. The standard InChI is InChI=1S/C7H10N2O2S/c1-12(10,11)9-7-4-2-3-6(7)5-8-9/h5H,2-4H2,1H3. The number of aromatic nitrogens is 2. The SMILES string of the molecule is CS(=O)(=O)n1ncc2c1CCC2. The fourth-order valence-corrected chi connectivity index (χ4v) is 2.41. The second-order valence-electron chi connectivity index (χ2n) is 3.08. The van der Waals surface area contributed by atoms with Crippen LogP contribution in [0.3, 0.4) is 0 Å². The fraction of sp³-hybridized carbons (Fsp3) is 0.571. The van der Waals surface area contributed by atoms with E-state index in [1.54, 1.807) is 6.20 Å². The van der Waals surface area contributed by atoms with Crippen LogP contribution in [0.2, 0.25) is 0 Å². The molecule has 2 rings (SSSR count). The third kappa shape index (κ3) is 1.04. The van der Waals surface area contributed by atoms with Gasteiger partial charge in [-0.1, -0.05) is 0 Å². The molecule has 1 aliphatic rings. The number of fused-ring (bicyclic) bond motifs is 1. The van der Waals surface area contributed by atoms with E-state index in [1.807, 2.05) is 0 Å². The van der Waals surface area contributed by atoms with E-state index in [2.05, 4.69) is 5.10 Å². The molecule has 0 spiro atoms. The molecule has 1 aromatic heterocycles. The quantitative estimate of drug-likeness (QED) is 0.628. The highest BCUT2D eigenvalue weighted by atomic mass is 32.2. The van der Waals surface area contributed by atoms with Crippen molar-refractivity contribution in [2.45, 2.75) is 19.3 Å². The third-order valence-corrected chi connectivity index (χ3v) is 3.04. The molecule has 1 aliphatic carbocycles. The van der Waals surface area contributed by atoms with Crippen molar-refractivity contribution in [2.75, 3.05) is 6.26 Å². The maximum Gasteiger partial charge on any atom is 0.251 e. The van der Waals surface area contributed by atoms with Gasteiger partial charge in [-0.05, 0) is 24.8 Å². The van der Waals surface area contributed by atoms with Crippen molar-refractivity contribution in [1.82, 2.24) is 9.19 Å². The highest BCUT2D eigenvalue weighted by molar-refractivity contribution is 7.89. The summed E-state index contributed by atoms with van der Waals surface area (Å²) in [6.45, 7) is 0. The molecule has 66 valence electrons. The summed E-state index contributed by atoms with van der Waals surface area (Å²) in [7, 11) is -3.18. The molecule has 0 radical (unpaired) electrons. The lowest BCUT2D eigenvalue weighted by molar-refractivity contribution is 0.583. The fourth-order valence-electron chi connectivity index (χ4n) is 1.59. The molecule has 1 aromatic rings. The number of nitrogens with zero attached hydrogens (tertiary/aromatic N) is 2. The monoisotopic (exact) mass is 186 g/mol. The van der Waals surface area contributed by atoms with E-state index in [9.17, 15) is 8.42 Å². The van der Waals surface area contributed by atoms with Gasteiger partial charge in [-0.15, -0.1) is 0 Å². The van der Waals surface area contributed by atoms with Gasteiger partial charge in [0.05, 0.1) is 18.1 Å². The van der Waals surface area contributed by atoms with Crippen LogP contribution in [-0.4, -0.2) is 23.9 Å². The Morgan fingerprint density at radius 2 is 2.25 bits per heavy atom. The molecule has 0 aromatic carbocycles. The van der Waals surface area contributed by atoms with Crippen molar-refractivity contribution in [3.05, 3.63) is 17.5 Å². The molecule has 4 nitrogen and oxygen atoms in total. The molecule has 1 heterocycles. The van der Waals surface area contributed by atoms with Crippen molar-refractivity contribution in [1.29, 1.82) is 0 Å². The zero-order valence-electron chi connectivity index (χ0n) is 6.82. The molecule has 12 heavy (non-hydrogen) atoms. The number of hydrogen-bond acceptors (Lipinski definition) is 3. The van der Waals surface area contributed by atoms with Gasteiger partial charge in [0.25, 0.3) is 10.0 Å². The van der Waals surface area contributed by atoms with E-state index in [-0.39, 0.29) is 0 Å². The number of rotatable bonds is 1. The van der Waals surface area contributed by atoms with Gasteiger partial charge in [-0.25, -0.2) is 8.42 Å². The van der Waals surface area contributed by atoms with Crippen molar-refractivity contribution in [2.24, 2.45) is 0 Å². The van der Waals surface area contributed by atoms with E-state index < -0.39 is 10.0 Å². The zero-order valence-corrected chi connectivity index (χ0v) is 7.63. The summed E-state index contributed by atoms with van der Waals surface area (Å²) in [6, 6.07) is 0. The predicted octanol–water partition coefficient (Wildman–Crippen LogP) is 0.179. The summed E-state index contributed by atoms with van der Waals surface area (Å²) in [6.07, 6.45) is 5.68. The maximum atomic E-state index is 11.2. The topological polar surface area (TPSA) is 52.0 Å². The second kappa shape index (κ2) is 2.32. The van der Waals surface area contributed by atoms with Crippen LogP contribution >= 0.6 is 0 Å². The lowest BCUT2D eigenvalue weighted by Gasteiger charge is -2.00. The lowest BCUT2D eigenvalue weighted by atomic mass is 10.3. The largest absolute Gasteiger partial charge is 0.251 e. The Hall–Kier alpha value is -0.840. The first kappa shape index (κ1) is 7.79. The van der Waals surface area contributed by atoms with E-state index in [4.69, 9.17) is 0 Å². The molecule has 5 heteroatoms. The molecule has 0 saturated heterocycles. The average molecular weight is 186 g/mol. The van der Waals surface area contributed by atoms with Gasteiger partial charge < -0.3 is 0 Å². The summed E-state index contributed by atoms with van der Waals surface area (Å²) in [5, 5.41) is 3.84. The van der Waals surface area contributed by atoms with Crippen LogP contribution < -0.4 is 0 Å². The molecular formula is C7H10N2O2S.